The molecule has 0 saturated heterocycles. The maximum absolute atomic E-state index is 12.7. The molecule has 0 spiro atoms. The van der Waals surface area contributed by atoms with E-state index >= 15 is 0 Å². The molecule has 2 amide bonds. The van der Waals surface area contributed by atoms with Crippen molar-refractivity contribution in [2.24, 2.45) is 0 Å². The quantitative estimate of drug-likeness (QED) is 0.516. The molecule has 1 aromatic heterocycles. The topological polar surface area (TPSA) is 99.2 Å². The first-order chi connectivity index (χ1) is 15.9. The summed E-state index contributed by atoms with van der Waals surface area (Å²) in [6, 6.07) is 6.95. The van der Waals surface area contributed by atoms with Gasteiger partial charge in [-0.15, -0.1) is 11.8 Å². The SMILES string of the molecule is CSc1cc(Oc2ccnc3c2OCCN3C(=O)OC(C)(C)C)ccc1NC(=O)OC(C)(C)C. The molecular formula is C24H31N3O6S. The minimum atomic E-state index is -0.632. The van der Waals surface area contributed by atoms with Crippen molar-refractivity contribution >= 4 is 35.5 Å². The van der Waals surface area contributed by atoms with Crippen LogP contribution < -0.4 is 19.7 Å². The highest BCUT2D eigenvalue weighted by molar-refractivity contribution is 7.98. The smallest absolute Gasteiger partial charge is 0.416 e. The first kappa shape index (κ1) is 25.5. The van der Waals surface area contributed by atoms with Gasteiger partial charge in [-0.25, -0.2) is 14.6 Å². The molecule has 1 N–H and O–H groups in total. The van der Waals surface area contributed by atoms with E-state index in [-0.39, 0.29) is 6.61 Å². The number of anilines is 2. The number of thioether (sulfide) groups is 1. The second-order valence-corrected chi connectivity index (χ2v) is 10.4. The van der Waals surface area contributed by atoms with Gasteiger partial charge in [0.2, 0.25) is 5.75 Å². The molecule has 0 aliphatic carbocycles. The second kappa shape index (κ2) is 10.0. The van der Waals surface area contributed by atoms with Gasteiger partial charge in [0.25, 0.3) is 0 Å². The van der Waals surface area contributed by atoms with Gasteiger partial charge in [0.05, 0.1) is 12.2 Å². The molecule has 0 saturated carbocycles. The van der Waals surface area contributed by atoms with Crippen molar-refractivity contribution in [3.63, 3.8) is 0 Å². The summed E-state index contributed by atoms with van der Waals surface area (Å²) in [6.07, 6.45) is 2.42. The molecule has 0 bridgehead atoms. The highest BCUT2D eigenvalue weighted by Gasteiger charge is 2.31. The summed E-state index contributed by atoms with van der Waals surface area (Å²) >= 11 is 1.46. The van der Waals surface area contributed by atoms with Gasteiger partial charge >= 0.3 is 12.2 Å². The maximum Gasteiger partial charge on any atom is 0.416 e. The Morgan fingerprint density at radius 3 is 2.44 bits per heavy atom. The van der Waals surface area contributed by atoms with E-state index in [0.717, 1.165) is 4.90 Å². The number of benzene rings is 1. The van der Waals surface area contributed by atoms with Gasteiger partial charge in [0.15, 0.2) is 11.6 Å². The molecule has 0 fully saturated rings. The van der Waals surface area contributed by atoms with Crippen molar-refractivity contribution in [2.45, 2.75) is 57.6 Å². The standard InChI is InChI=1S/C24H31N3O6S/c1-23(2,3)32-21(28)26-16-9-8-15(14-18(16)34-7)31-17-10-11-25-20-19(17)30-13-12-27(20)22(29)33-24(4,5)6/h8-11,14H,12-13H2,1-7H3,(H,26,28). The lowest BCUT2D eigenvalue weighted by molar-refractivity contribution is 0.0564. The Morgan fingerprint density at radius 2 is 1.79 bits per heavy atom. The summed E-state index contributed by atoms with van der Waals surface area (Å²) in [5.74, 6) is 1.65. The van der Waals surface area contributed by atoms with E-state index in [1.54, 1.807) is 51.2 Å². The molecular weight excluding hydrogens is 458 g/mol. The summed E-state index contributed by atoms with van der Waals surface area (Å²) in [7, 11) is 0. The van der Waals surface area contributed by atoms with Crippen LogP contribution in [0.25, 0.3) is 0 Å². The van der Waals surface area contributed by atoms with Gasteiger partial charge in [-0.1, -0.05) is 0 Å². The fourth-order valence-electron chi connectivity index (χ4n) is 3.05. The highest BCUT2D eigenvalue weighted by Crippen LogP contribution is 2.41. The first-order valence-electron chi connectivity index (χ1n) is 10.8. The average molecular weight is 490 g/mol. The minimum Gasteiger partial charge on any atom is -0.484 e. The van der Waals surface area contributed by atoms with Crippen LogP contribution >= 0.6 is 11.8 Å². The van der Waals surface area contributed by atoms with E-state index in [4.69, 9.17) is 18.9 Å². The van der Waals surface area contributed by atoms with Crippen molar-refractivity contribution in [3.8, 4) is 17.2 Å². The van der Waals surface area contributed by atoms with Crippen molar-refractivity contribution in [2.75, 3.05) is 29.6 Å². The van der Waals surface area contributed by atoms with E-state index in [1.807, 2.05) is 27.0 Å². The van der Waals surface area contributed by atoms with E-state index in [0.29, 0.717) is 35.3 Å². The third kappa shape index (κ3) is 6.69. The number of carbonyl (C=O) groups is 2. The van der Waals surface area contributed by atoms with Gasteiger partial charge in [-0.3, -0.25) is 10.2 Å². The molecule has 1 aromatic carbocycles. The molecule has 1 aliphatic rings. The number of fused-ring (bicyclic) bond motifs is 1. The van der Waals surface area contributed by atoms with E-state index < -0.39 is 23.4 Å². The summed E-state index contributed by atoms with van der Waals surface area (Å²) in [5, 5.41) is 2.77. The molecule has 2 aromatic rings. The van der Waals surface area contributed by atoms with Gasteiger partial charge in [0.1, 0.15) is 23.6 Å². The number of amides is 2. The molecule has 1 aliphatic heterocycles. The van der Waals surface area contributed by atoms with Gasteiger partial charge in [-0.2, -0.15) is 0 Å². The zero-order valence-electron chi connectivity index (χ0n) is 20.6. The number of hydrogen-bond acceptors (Lipinski definition) is 8. The van der Waals surface area contributed by atoms with Crippen molar-refractivity contribution in [1.82, 2.24) is 4.98 Å². The number of carbonyl (C=O) groups excluding carboxylic acids is 2. The number of nitrogens with zero attached hydrogens (tertiary/aromatic N) is 2. The Morgan fingerprint density at radius 1 is 1.09 bits per heavy atom. The van der Waals surface area contributed by atoms with Gasteiger partial charge in [-0.05, 0) is 66.0 Å². The van der Waals surface area contributed by atoms with Crippen LogP contribution in [0.4, 0.5) is 21.1 Å². The number of ether oxygens (including phenoxy) is 4. The van der Waals surface area contributed by atoms with Crippen LogP contribution in [0.5, 0.6) is 17.2 Å². The Bertz CT molecular complexity index is 1060. The Hall–Kier alpha value is -3.14. The van der Waals surface area contributed by atoms with Crippen LogP contribution in [0.15, 0.2) is 35.4 Å². The Balaban J connectivity index is 1.82. The zero-order valence-corrected chi connectivity index (χ0v) is 21.4. The summed E-state index contributed by atoms with van der Waals surface area (Å²) < 4.78 is 22.7. The normalized spacial score (nSPS) is 13.4. The maximum atomic E-state index is 12.7. The molecule has 34 heavy (non-hydrogen) atoms. The third-order valence-corrected chi connectivity index (χ3v) is 5.09. The van der Waals surface area contributed by atoms with E-state index in [2.05, 4.69) is 10.3 Å². The van der Waals surface area contributed by atoms with Crippen LogP contribution in [0.1, 0.15) is 41.5 Å². The summed E-state index contributed by atoms with van der Waals surface area (Å²) in [6.45, 7) is 11.4. The van der Waals surface area contributed by atoms with Crippen LogP contribution in [-0.4, -0.2) is 47.8 Å². The molecule has 0 radical (unpaired) electrons. The molecule has 0 unspecified atom stereocenters. The van der Waals surface area contributed by atoms with Crippen molar-refractivity contribution in [3.05, 3.63) is 30.5 Å². The van der Waals surface area contributed by atoms with E-state index in [1.165, 1.54) is 16.7 Å². The number of nitrogens with one attached hydrogen (secondary N) is 1. The fourth-order valence-corrected chi connectivity index (χ4v) is 3.62. The number of aromatic nitrogens is 1. The lowest BCUT2D eigenvalue weighted by Crippen LogP contribution is -2.42. The van der Waals surface area contributed by atoms with Crippen LogP contribution in [0, 0.1) is 0 Å². The molecule has 10 heteroatoms. The van der Waals surface area contributed by atoms with Crippen molar-refractivity contribution < 1.29 is 28.5 Å². The molecule has 9 nitrogen and oxygen atoms in total. The largest absolute Gasteiger partial charge is 0.484 e. The third-order valence-electron chi connectivity index (χ3n) is 4.32. The van der Waals surface area contributed by atoms with Crippen LogP contribution in [0.3, 0.4) is 0 Å². The Kier molecular flexibility index (Phi) is 7.50. The average Bonchev–Trinajstić information content (AvgIpc) is 2.72. The first-order valence-corrected chi connectivity index (χ1v) is 12.1. The summed E-state index contributed by atoms with van der Waals surface area (Å²) in [5.41, 5.74) is -0.619. The highest BCUT2D eigenvalue weighted by atomic mass is 32.2. The second-order valence-electron chi connectivity index (χ2n) is 9.53. The van der Waals surface area contributed by atoms with Crippen LogP contribution in [0.2, 0.25) is 0 Å². The lowest BCUT2D eigenvalue weighted by Gasteiger charge is -2.31. The zero-order chi connectivity index (χ0) is 25.1. The van der Waals surface area contributed by atoms with Gasteiger partial charge in [0, 0.05) is 17.2 Å². The molecule has 2 heterocycles. The van der Waals surface area contributed by atoms with Crippen LogP contribution in [-0.2, 0) is 9.47 Å². The number of pyridine rings is 1. The predicted octanol–water partition coefficient (Wildman–Crippen LogP) is 6.08. The number of hydrogen-bond donors (Lipinski definition) is 1. The minimum absolute atomic E-state index is 0.281. The lowest BCUT2D eigenvalue weighted by atomic mass is 10.2. The fraction of sp³-hybridized carbons (Fsp3) is 0.458. The van der Waals surface area contributed by atoms with E-state index in [9.17, 15) is 9.59 Å². The summed E-state index contributed by atoms with van der Waals surface area (Å²) in [4.78, 5) is 31.4. The molecule has 184 valence electrons. The monoisotopic (exact) mass is 489 g/mol. The Labute approximate surface area is 204 Å². The number of rotatable bonds is 4. The van der Waals surface area contributed by atoms with Crippen molar-refractivity contribution in [1.29, 1.82) is 0 Å². The molecule has 3 rings (SSSR count). The van der Waals surface area contributed by atoms with Gasteiger partial charge < -0.3 is 18.9 Å². The molecule has 0 atom stereocenters. The predicted molar refractivity (Wildman–Crippen MR) is 131 cm³/mol.